The fourth-order valence-electron chi connectivity index (χ4n) is 1.97. The molecule has 0 radical (unpaired) electrons. The maximum atomic E-state index is 12.1. The van der Waals surface area contributed by atoms with Gasteiger partial charge in [0.25, 0.3) is 5.91 Å². The number of aryl methyl sites for hydroxylation is 1. The number of hydrogen-bond acceptors (Lipinski definition) is 4. The topological polar surface area (TPSA) is 71.7 Å². The van der Waals surface area contributed by atoms with Gasteiger partial charge in [-0.25, -0.2) is 0 Å². The van der Waals surface area contributed by atoms with E-state index >= 15 is 0 Å². The molecule has 0 saturated carbocycles. The van der Waals surface area contributed by atoms with Crippen LogP contribution in [0, 0.1) is 6.92 Å². The lowest BCUT2D eigenvalue weighted by molar-refractivity contribution is 0.0603. The summed E-state index contributed by atoms with van der Waals surface area (Å²) < 4.78 is 10.3. The Morgan fingerprint density at radius 3 is 2.95 bits per heavy atom. The van der Waals surface area contributed by atoms with Crippen molar-refractivity contribution < 1.29 is 19.1 Å². The molecule has 1 amide bonds. The summed E-state index contributed by atoms with van der Waals surface area (Å²) in [4.78, 5) is 12.1. The summed E-state index contributed by atoms with van der Waals surface area (Å²) in [6, 6.07) is 5.35. The Balaban J connectivity index is 2.18. The Hall–Kier alpha value is -1.56. The van der Waals surface area contributed by atoms with Gasteiger partial charge in [-0.3, -0.25) is 4.79 Å². The standard InChI is InChI=1S/C14H16ClNO4/c1-8-10-4-3-5-11(15)13(10)20-12(8)14(18)16-6-9(17)7-19-2/h3-5,9,17H,6-7H2,1-2H3,(H,16,18). The highest BCUT2D eigenvalue weighted by molar-refractivity contribution is 6.35. The van der Waals surface area contributed by atoms with E-state index in [4.69, 9.17) is 20.8 Å². The molecule has 2 aromatic rings. The molecule has 0 aliphatic heterocycles. The zero-order chi connectivity index (χ0) is 14.7. The van der Waals surface area contributed by atoms with Crippen molar-refractivity contribution in [2.75, 3.05) is 20.3 Å². The number of carbonyl (C=O) groups is 1. The van der Waals surface area contributed by atoms with Crippen LogP contribution in [0.4, 0.5) is 0 Å². The molecule has 0 fully saturated rings. The van der Waals surface area contributed by atoms with E-state index in [2.05, 4.69) is 5.32 Å². The van der Waals surface area contributed by atoms with Gasteiger partial charge in [0, 0.05) is 24.6 Å². The molecule has 0 aliphatic rings. The lowest BCUT2D eigenvalue weighted by Crippen LogP contribution is -2.34. The number of benzene rings is 1. The zero-order valence-electron chi connectivity index (χ0n) is 11.3. The second kappa shape index (κ2) is 6.26. The minimum atomic E-state index is -0.753. The Bertz CT molecular complexity index is 623. The molecule has 2 rings (SSSR count). The average Bonchev–Trinajstić information content (AvgIpc) is 2.76. The first-order valence-electron chi connectivity index (χ1n) is 6.17. The number of methoxy groups -OCH3 is 1. The van der Waals surface area contributed by atoms with E-state index in [9.17, 15) is 9.90 Å². The van der Waals surface area contributed by atoms with E-state index in [1.807, 2.05) is 6.07 Å². The average molecular weight is 298 g/mol. The van der Waals surface area contributed by atoms with Crippen molar-refractivity contribution in [3.8, 4) is 0 Å². The summed E-state index contributed by atoms with van der Waals surface area (Å²) in [6.07, 6.45) is -0.753. The molecule has 0 bridgehead atoms. The molecule has 6 heteroatoms. The Kier molecular flexibility index (Phi) is 4.65. The van der Waals surface area contributed by atoms with Crippen LogP contribution in [0.15, 0.2) is 22.6 Å². The summed E-state index contributed by atoms with van der Waals surface area (Å²) in [5.74, 6) is -0.178. The van der Waals surface area contributed by atoms with Crippen LogP contribution in [0.2, 0.25) is 5.02 Å². The predicted octanol–water partition coefficient (Wildman–Crippen LogP) is 2.13. The molecule has 0 saturated heterocycles. The van der Waals surface area contributed by atoms with Gasteiger partial charge in [0.1, 0.15) is 0 Å². The summed E-state index contributed by atoms with van der Waals surface area (Å²) >= 11 is 6.03. The number of rotatable bonds is 5. The number of halogens is 1. The van der Waals surface area contributed by atoms with Gasteiger partial charge in [0.2, 0.25) is 0 Å². The van der Waals surface area contributed by atoms with E-state index in [1.54, 1.807) is 19.1 Å². The van der Waals surface area contributed by atoms with Gasteiger partial charge in [-0.2, -0.15) is 0 Å². The Labute approximate surface area is 121 Å². The molecule has 20 heavy (non-hydrogen) atoms. The molecule has 1 heterocycles. The van der Waals surface area contributed by atoms with Crippen LogP contribution in [0.1, 0.15) is 16.1 Å². The summed E-state index contributed by atoms with van der Waals surface area (Å²) in [6.45, 7) is 2.05. The van der Waals surface area contributed by atoms with E-state index in [0.717, 1.165) is 10.9 Å². The van der Waals surface area contributed by atoms with Gasteiger partial charge in [0.15, 0.2) is 11.3 Å². The fourth-order valence-corrected chi connectivity index (χ4v) is 2.18. The quantitative estimate of drug-likeness (QED) is 0.887. The van der Waals surface area contributed by atoms with Crippen LogP contribution in [0.5, 0.6) is 0 Å². The highest BCUT2D eigenvalue weighted by atomic mass is 35.5. The smallest absolute Gasteiger partial charge is 0.287 e. The van der Waals surface area contributed by atoms with Crippen molar-refractivity contribution in [2.45, 2.75) is 13.0 Å². The minimum absolute atomic E-state index is 0.0941. The Morgan fingerprint density at radius 1 is 1.55 bits per heavy atom. The minimum Gasteiger partial charge on any atom is -0.449 e. The third-order valence-corrected chi connectivity index (χ3v) is 3.28. The second-order valence-corrected chi connectivity index (χ2v) is 4.90. The van der Waals surface area contributed by atoms with Gasteiger partial charge in [-0.1, -0.05) is 23.7 Å². The van der Waals surface area contributed by atoms with Crippen LogP contribution in [0.25, 0.3) is 11.0 Å². The maximum absolute atomic E-state index is 12.1. The molecule has 1 aromatic heterocycles. The first-order chi connectivity index (χ1) is 9.54. The van der Waals surface area contributed by atoms with E-state index in [-0.39, 0.29) is 24.8 Å². The van der Waals surface area contributed by atoms with Crippen LogP contribution >= 0.6 is 11.6 Å². The highest BCUT2D eigenvalue weighted by Crippen LogP contribution is 2.30. The number of aliphatic hydroxyl groups excluding tert-OH is 1. The van der Waals surface area contributed by atoms with Crippen LogP contribution < -0.4 is 5.32 Å². The van der Waals surface area contributed by atoms with Crippen molar-refractivity contribution in [3.63, 3.8) is 0 Å². The molecule has 1 atom stereocenters. The van der Waals surface area contributed by atoms with Crippen molar-refractivity contribution in [1.82, 2.24) is 5.32 Å². The number of aliphatic hydroxyl groups is 1. The molecule has 1 aromatic carbocycles. The van der Waals surface area contributed by atoms with Crippen LogP contribution in [-0.4, -0.2) is 37.4 Å². The highest BCUT2D eigenvalue weighted by Gasteiger charge is 2.19. The number of carbonyl (C=O) groups excluding carboxylic acids is 1. The van der Waals surface area contributed by atoms with Gasteiger partial charge in [0.05, 0.1) is 17.7 Å². The van der Waals surface area contributed by atoms with Crippen LogP contribution in [-0.2, 0) is 4.74 Å². The third-order valence-electron chi connectivity index (χ3n) is 2.98. The van der Waals surface area contributed by atoms with E-state index in [0.29, 0.717) is 10.6 Å². The van der Waals surface area contributed by atoms with E-state index in [1.165, 1.54) is 7.11 Å². The second-order valence-electron chi connectivity index (χ2n) is 4.49. The third kappa shape index (κ3) is 2.95. The largest absolute Gasteiger partial charge is 0.449 e. The monoisotopic (exact) mass is 297 g/mol. The van der Waals surface area contributed by atoms with Crippen LogP contribution in [0.3, 0.4) is 0 Å². The molecule has 0 aliphatic carbocycles. The molecule has 1 unspecified atom stereocenters. The number of nitrogens with one attached hydrogen (secondary N) is 1. The normalized spacial score (nSPS) is 12.6. The first-order valence-corrected chi connectivity index (χ1v) is 6.55. The van der Waals surface area contributed by atoms with Crippen molar-refractivity contribution in [2.24, 2.45) is 0 Å². The molecular formula is C14H16ClNO4. The van der Waals surface area contributed by atoms with Crippen molar-refractivity contribution in [3.05, 3.63) is 34.5 Å². The summed E-state index contributed by atoms with van der Waals surface area (Å²) in [5.41, 5.74) is 1.22. The van der Waals surface area contributed by atoms with Gasteiger partial charge >= 0.3 is 0 Å². The van der Waals surface area contributed by atoms with Crippen molar-refractivity contribution in [1.29, 1.82) is 0 Å². The first kappa shape index (κ1) is 14.8. The number of furan rings is 1. The van der Waals surface area contributed by atoms with Crippen molar-refractivity contribution >= 4 is 28.5 Å². The molecule has 0 spiro atoms. The lowest BCUT2D eigenvalue weighted by atomic mass is 10.1. The van der Waals surface area contributed by atoms with Gasteiger partial charge < -0.3 is 19.6 Å². The lowest BCUT2D eigenvalue weighted by Gasteiger charge is -2.09. The summed E-state index contributed by atoms with van der Waals surface area (Å²) in [5, 5.41) is 13.4. The fraction of sp³-hybridized carbons (Fsp3) is 0.357. The SMILES string of the molecule is COCC(O)CNC(=O)c1oc2c(Cl)cccc2c1C. The number of ether oxygens (including phenoxy) is 1. The number of para-hydroxylation sites is 1. The predicted molar refractivity (Wildman–Crippen MR) is 76.2 cm³/mol. The molecule has 5 nitrogen and oxygen atoms in total. The Morgan fingerprint density at radius 2 is 2.30 bits per heavy atom. The number of fused-ring (bicyclic) bond motifs is 1. The van der Waals surface area contributed by atoms with E-state index < -0.39 is 6.10 Å². The summed E-state index contributed by atoms with van der Waals surface area (Å²) in [7, 11) is 1.48. The van der Waals surface area contributed by atoms with Gasteiger partial charge in [-0.15, -0.1) is 0 Å². The number of hydrogen-bond donors (Lipinski definition) is 2. The molecular weight excluding hydrogens is 282 g/mol. The van der Waals surface area contributed by atoms with Gasteiger partial charge in [-0.05, 0) is 13.0 Å². The molecule has 108 valence electrons. The number of amides is 1. The maximum Gasteiger partial charge on any atom is 0.287 e. The zero-order valence-corrected chi connectivity index (χ0v) is 12.0. The molecule has 2 N–H and O–H groups in total.